The van der Waals surface area contributed by atoms with Crippen molar-refractivity contribution < 1.29 is 26.6 Å². The monoisotopic (exact) mass is 222 g/mol. The van der Waals surface area contributed by atoms with Crippen molar-refractivity contribution in [2.75, 3.05) is 27.4 Å². The molecule has 0 unspecified atom stereocenters. The van der Waals surface area contributed by atoms with E-state index in [9.17, 15) is 0 Å². The number of aliphatic hydroxyl groups is 1. The fourth-order valence-corrected chi connectivity index (χ4v) is 0.657. The lowest BCUT2D eigenvalue weighted by molar-refractivity contribution is -0.908. The van der Waals surface area contributed by atoms with Gasteiger partial charge < -0.3 is 26.6 Å². The Morgan fingerprint density at radius 3 is 2.36 bits per heavy atom. The molecule has 0 fully saturated rings. The van der Waals surface area contributed by atoms with Crippen LogP contribution in [0.5, 0.6) is 0 Å². The van der Waals surface area contributed by atoms with Crippen LogP contribution in [0.3, 0.4) is 0 Å². The maximum absolute atomic E-state index is 8.78. The minimum absolute atomic E-state index is 0. The number of nitriles is 1. The number of rotatable bonds is 4. The van der Waals surface area contributed by atoms with Gasteiger partial charge in [-0.1, -0.05) is 0 Å². The molecule has 0 aliphatic carbocycles. The lowest BCUT2D eigenvalue weighted by Crippen LogP contribution is -3.00. The third-order valence-corrected chi connectivity index (χ3v) is 1.43. The molecule has 1 N–H and O–H groups in total. The molecule has 0 radical (unpaired) electrons. The normalized spacial score (nSPS) is 10.0. The average Bonchev–Trinajstić information content (AvgIpc) is 1.89. The van der Waals surface area contributed by atoms with E-state index in [2.05, 4.69) is 6.07 Å². The maximum Gasteiger partial charge on any atom is 0.179 e. The SMILES string of the molecule is C[N+](C)(CO)CCCC#N.[Br-]. The van der Waals surface area contributed by atoms with Crippen molar-refractivity contribution >= 4 is 0 Å². The average molecular weight is 223 g/mol. The Labute approximate surface area is 78.6 Å². The molecule has 0 aromatic heterocycles. The molecule has 3 nitrogen and oxygen atoms in total. The molecule has 0 spiro atoms. The Balaban J connectivity index is 0. The third kappa shape index (κ3) is 7.79. The van der Waals surface area contributed by atoms with Gasteiger partial charge in [0.05, 0.1) is 26.7 Å². The molecule has 11 heavy (non-hydrogen) atoms. The first-order valence-corrected chi connectivity index (χ1v) is 3.42. The van der Waals surface area contributed by atoms with Crippen LogP contribution in [0.1, 0.15) is 12.8 Å². The van der Waals surface area contributed by atoms with E-state index < -0.39 is 0 Å². The molecule has 0 bridgehead atoms. The lowest BCUT2D eigenvalue weighted by Gasteiger charge is -2.26. The second-order valence-corrected chi connectivity index (χ2v) is 3.06. The highest BCUT2D eigenvalue weighted by molar-refractivity contribution is 4.67. The number of unbranched alkanes of at least 4 members (excludes halogenated alkanes) is 1. The number of halogens is 1. The smallest absolute Gasteiger partial charge is 0.179 e. The van der Waals surface area contributed by atoms with Gasteiger partial charge in [0, 0.05) is 12.8 Å². The van der Waals surface area contributed by atoms with Gasteiger partial charge in [0.15, 0.2) is 6.73 Å². The first-order valence-electron chi connectivity index (χ1n) is 3.42. The summed E-state index contributed by atoms with van der Waals surface area (Å²) in [5.41, 5.74) is 0. The zero-order valence-corrected chi connectivity index (χ0v) is 8.63. The minimum Gasteiger partial charge on any atom is -1.00 e. The van der Waals surface area contributed by atoms with Crippen LogP contribution >= 0.6 is 0 Å². The summed E-state index contributed by atoms with van der Waals surface area (Å²) in [6, 6.07) is 2.07. The zero-order chi connectivity index (χ0) is 8.04. The summed E-state index contributed by atoms with van der Waals surface area (Å²) in [7, 11) is 3.88. The van der Waals surface area contributed by atoms with Crippen LogP contribution < -0.4 is 17.0 Å². The van der Waals surface area contributed by atoms with E-state index in [4.69, 9.17) is 10.4 Å². The molecule has 0 aliphatic rings. The molecule has 0 amide bonds. The maximum atomic E-state index is 8.78. The van der Waals surface area contributed by atoms with E-state index in [1.54, 1.807) is 0 Å². The van der Waals surface area contributed by atoms with E-state index >= 15 is 0 Å². The van der Waals surface area contributed by atoms with Crippen LogP contribution in [-0.4, -0.2) is 37.0 Å². The van der Waals surface area contributed by atoms with Crippen LogP contribution in [0.4, 0.5) is 0 Å². The van der Waals surface area contributed by atoms with Gasteiger partial charge in [-0.15, -0.1) is 0 Å². The van der Waals surface area contributed by atoms with Crippen molar-refractivity contribution in [2.24, 2.45) is 0 Å². The predicted octanol–water partition coefficient (Wildman–Crippen LogP) is -2.68. The highest BCUT2D eigenvalue weighted by atomic mass is 79.9. The predicted molar refractivity (Wildman–Crippen MR) is 38.9 cm³/mol. The first-order chi connectivity index (χ1) is 4.62. The number of hydrogen-bond acceptors (Lipinski definition) is 2. The van der Waals surface area contributed by atoms with Crippen LogP contribution in [0.25, 0.3) is 0 Å². The Bertz CT molecular complexity index is 131. The summed E-state index contributed by atoms with van der Waals surface area (Å²) in [5.74, 6) is 0. The highest BCUT2D eigenvalue weighted by Gasteiger charge is 2.10. The molecular formula is C7H15BrN2O. The van der Waals surface area contributed by atoms with Crippen molar-refractivity contribution in [3.05, 3.63) is 0 Å². The second-order valence-electron chi connectivity index (χ2n) is 3.06. The van der Waals surface area contributed by atoms with Crippen molar-refractivity contribution in [1.82, 2.24) is 0 Å². The Morgan fingerprint density at radius 2 is 2.00 bits per heavy atom. The van der Waals surface area contributed by atoms with Crippen LogP contribution in [0.2, 0.25) is 0 Å². The summed E-state index contributed by atoms with van der Waals surface area (Å²) >= 11 is 0. The Morgan fingerprint density at radius 1 is 1.45 bits per heavy atom. The van der Waals surface area contributed by atoms with E-state index in [0.717, 1.165) is 13.0 Å². The van der Waals surface area contributed by atoms with Gasteiger partial charge in [-0.2, -0.15) is 5.26 Å². The standard InChI is InChI=1S/C7H15N2O.BrH/c1-9(2,7-10)6-4-3-5-8;/h10H,3-4,6-7H2,1-2H3;1H/q+1;/p-1. The summed E-state index contributed by atoms with van der Waals surface area (Å²) in [6.07, 6.45) is 1.45. The van der Waals surface area contributed by atoms with Gasteiger partial charge in [0.1, 0.15) is 0 Å². The van der Waals surface area contributed by atoms with E-state index in [0.29, 0.717) is 10.9 Å². The van der Waals surface area contributed by atoms with Crippen molar-refractivity contribution in [3.8, 4) is 6.07 Å². The zero-order valence-electron chi connectivity index (χ0n) is 7.05. The van der Waals surface area contributed by atoms with Crippen LogP contribution in [-0.2, 0) is 0 Å². The number of nitrogens with zero attached hydrogens (tertiary/aromatic N) is 2. The molecule has 0 heterocycles. The lowest BCUT2D eigenvalue weighted by atomic mass is 10.3. The molecular weight excluding hydrogens is 208 g/mol. The van der Waals surface area contributed by atoms with Gasteiger partial charge in [-0.25, -0.2) is 0 Å². The van der Waals surface area contributed by atoms with Crippen molar-refractivity contribution in [2.45, 2.75) is 12.8 Å². The Hall–Kier alpha value is -0.110. The quantitative estimate of drug-likeness (QED) is 0.321. The molecule has 0 atom stereocenters. The Kier molecular flexibility index (Phi) is 8.08. The van der Waals surface area contributed by atoms with E-state index in [-0.39, 0.29) is 23.7 Å². The molecule has 0 saturated heterocycles. The van der Waals surface area contributed by atoms with Gasteiger partial charge in [-0.05, 0) is 0 Å². The molecule has 0 aromatic rings. The second kappa shape index (κ2) is 6.59. The fourth-order valence-electron chi connectivity index (χ4n) is 0.657. The van der Waals surface area contributed by atoms with Gasteiger partial charge >= 0.3 is 0 Å². The topological polar surface area (TPSA) is 44.0 Å². The fraction of sp³-hybridized carbons (Fsp3) is 0.857. The van der Waals surface area contributed by atoms with E-state index in [1.807, 2.05) is 14.1 Å². The summed E-state index contributed by atoms with van der Waals surface area (Å²) in [5, 5.41) is 17.0. The van der Waals surface area contributed by atoms with Crippen LogP contribution in [0.15, 0.2) is 0 Å². The number of hydrogen-bond donors (Lipinski definition) is 1. The van der Waals surface area contributed by atoms with Crippen LogP contribution in [0, 0.1) is 11.3 Å². The number of quaternary nitrogens is 1. The minimum atomic E-state index is 0. The first kappa shape index (κ1) is 13.5. The van der Waals surface area contributed by atoms with Crippen molar-refractivity contribution in [3.63, 3.8) is 0 Å². The molecule has 0 rings (SSSR count). The van der Waals surface area contributed by atoms with Gasteiger partial charge in [-0.3, -0.25) is 0 Å². The van der Waals surface area contributed by atoms with Crippen molar-refractivity contribution in [1.29, 1.82) is 5.26 Å². The number of aliphatic hydroxyl groups excluding tert-OH is 1. The third-order valence-electron chi connectivity index (χ3n) is 1.43. The molecule has 0 aliphatic heterocycles. The highest BCUT2D eigenvalue weighted by Crippen LogP contribution is 1.98. The largest absolute Gasteiger partial charge is 1.00 e. The summed E-state index contributed by atoms with van der Waals surface area (Å²) in [6.45, 7) is 1.01. The molecule has 0 saturated carbocycles. The van der Waals surface area contributed by atoms with Gasteiger partial charge in [0.2, 0.25) is 0 Å². The summed E-state index contributed by atoms with van der Waals surface area (Å²) < 4.78 is 0.585. The molecule has 0 aromatic carbocycles. The van der Waals surface area contributed by atoms with Gasteiger partial charge in [0.25, 0.3) is 0 Å². The van der Waals surface area contributed by atoms with E-state index in [1.165, 1.54) is 0 Å². The summed E-state index contributed by atoms with van der Waals surface area (Å²) in [4.78, 5) is 0. The molecule has 4 heteroatoms. The molecule has 66 valence electrons.